The van der Waals surface area contributed by atoms with Crippen LogP contribution in [-0.4, -0.2) is 18.6 Å². The Kier molecular flexibility index (Phi) is 4.48. The van der Waals surface area contributed by atoms with Crippen LogP contribution in [0.4, 0.5) is 0 Å². The van der Waals surface area contributed by atoms with E-state index in [4.69, 9.17) is 5.14 Å². The fourth-order valence-electron chi connectivity index (χ4n) is 5.94. The van der Waals surface area contributed by atoms with E-state index in [2.05, 4.69) is 21.2 Å². The van der Waals surface area contributed by atoms with Crippen LogP contribution in [0.2, 0.25) is 0 Å². The molecule has 4 aliphatic rings. The minimum absolute atomic E-state index is 0.0868. The van der Waals surface area contributed by atoms with Gasteiger partial charge < -0.3 is 5.32 Å². The summed E-state index contributed by atoms with van der Waals surface area (Å²) in [7, 11) is -3.68. The monoisotopic (exact) mass is 440 g/mol. The maximum atomic E-state index is 12.6. The Hall–Kier alpha value is -0.920. The van der Waals surface area contributed by atoms with Gasteiger partial charge in [0.2, 0.25) is 15.9 Å². The SMILES string of the molecule is NS(=O)(=O)c1ccc(CNC(=O)CC23CC4CC(CC(Br)(C4)C2)C3)cc1. The average molecular weight is 441 g/mol. The second-order valence-electron chi connectivity index (χ2n) is 8.75. The van der Waals surface area contributed by atoms with Crippen LogP contribution in [0.5, 0.6) is 0 Å². The maximum Gasteiger partial charge on any atom is 0.238 e. The minimum Gasteiger partial charge on any atom is -0.352 e. The van der Waals surface area contributed by atoms with Crippen LogP contribution in [0.15, 0.2) is 29.2 Å². The Morgan fingerprint density at radius 3 is 2.31 bits per heavy atom. The molecule has 3 N–H and O–H groups in total. The summed E-state index contributed by atoms with van der Waals surface area (Å²) >= 11 is 3.99. The lowest BCUT2D eigenvalue weighted by Gasteiger charge is -2.60. The van der Waals surface area contributed by atoms with Crippen molar-refractivity contribution in [2.75, 3.05) is 0 Å². The number of hydrogen-bond donors (Lipinski definition) is 2. The topological polar surface area (TPSA) is 89.3 Å². The van der Waals surface area contributed by atoms with Crippen LogP contribution in [-0.2, 0) is 21.4 Å². The molecule has 0 spiro atoms. The van der Waals surface area contributed by atoms with Gasteiger partial charge in [-0.1, -0.05) is 28.1 Å². The fraction of sp³-hybridized carbons (Fsp3) is 0.632. The van der Waals surface area contributed by atoms with E-state index in [1.165, 1.54) is 44.2 Å². The molecule has 142 valence electrons. The molecule has 5 nitrogen and oxygen atoms in total. The number of rotatable bonds is 5. The Balaban J connectivity index is 1.36. The van der Waals surface area contributed by atoms with Gasteiger partial charge in [0.1, 0.15) is 0 Å². The standard InChI is InChI=1S/C19H25BrN2O3S/c20-19-8-14-5-15(9-19)7-18(6-14,12-19)10-17(23)22-11-13-1-3-16(4-2-13)26(21,24)25/h1-4,14-15H,5-12H2,(H,22,23)(H2,21,24,25). The average Bonchev–Trinajstić information content (AvgIpc) is 2.49. The molecule has 0 aromatic heterocycles. The molecule has 4 aliphatic carbocycles. The van der Waals surface area contributed by atoms with Crippen LogP contribution in [0.25, 0.3) is 0 Å². The molecule has 4 bridgehead atoms. The largest absolute Gasteiger partial charge is 0.352 e. The summed E-state index contributed by atoms with van der Waals surface area (Å²) in [5.74, 6) is 1.64. The molecule has 2 atom stereocenters. The van der Waals surface area contributed by atoms with E-state index in [0.717, 1.165) is 23.8 Å². The van der Waals surface area contributed by atoms with Crippen LogP contribution in [0.1, 0.15) is 50.5 Å². The molecule has 4 fully saturated rings. The normalized spacial score (nSPS) is 35.5. The number of carbonyl (C=O) groups excluding carboxylic acids is 1. The molecule has 1 amide bonds. The molecule has 5 rings (SSSR count). The van der Waals surface area contributed by atoms with Crippen molar-refractivity contribution in [2.24, 2.45) is 22.4 Å². The lowest BCUT2D eigenvalue weighted by atomic mass is 9.48. The van der Waals surface area contributed by atoms with E-state index in [-0.39, 0.29) is 20.5 Å². The first-order valence-electron chi connectivity index (χ1n) is 9.22. The van der Waals surface area contributed by atoms with Crippen LogP contribution in [0, 0.1) is 17.3 Å². The maximum absolute atomic E-state index is 12.6. The summed E-state index contributed by atoms with van der Waals surface area (Å²) < 4.78 is 22.8. The van der Waals surface area contributed by atoms with Crippen LogP contribution in [0.3, 0.4) is 0 Å². The van der Waals surface area contributed by atoms with Crippen LogP contribution >= 0.6 is 15.9 Å². The van der Waals surface area contributed by atoms with Crippen molar-refractivity contribution in [2.45, 2.75) is 60.7 Å². The second-order valence-corrected chi connectivity index (χ2v) is 12.0. The minimum atomic E-state index is -3.68. The Bertz CT molecular complexity index is 808. The molecular formula is C19H25BrN2O3S. The van der Waals surface area contributed by atoms with Crippen molar-refractivity contribution in [3.05, 3.63) is 29.8 Å². The van der Waals surface area contributed by atoms with E-state index in [1.54, 1.807) is 12.1 Å². The highest BCUT2D eigenvalue weighted by Crippen LogP contribution is 2.65. The Labute approximate surface area is 163 Å². The summed E-state index contributed by atoms with van der Waals surface area (Å²) in [5.41, 5.74) is 1.03. The highest BCUT2D eigenvalue weighted by atomic mass is 79.9. The van der Waals surface area contributed by atoms with E-state index < -0.39 is 10.0 Å². The quantitative estimate of drug-likeness (QED) is 0.689. The van der Waals surface area contributed by atoms with Crippen molar-refractivity contribution in [1.82, 2.24) is 5.32 Å². The fourth-order valence-corrected chi connectivity index (χ4v) is 7.97. The first-order chi connectivity index (χ1) is 12.1. The van der Waals surface area contributed by atoms with Crippen molar-refractivity contribution >= 4 is 31.9 Å². The van der Waals surface area contributed by atoms with Gasteiger partial charge in [-0.05, 0) is 73.5 Å². The lowest BCUT2D eigenvalue weighted by Crippen LogP contribution is -2.54. The summed E-state index contributed by atoms with van der Waals surface area (Å²) in [6, 6.07) is 6.34. The molecule has 4 saturated carbocycles. The number of sulfonamides is 1. The molecule has 7 heteroatoms. The zero-order valence-corrected chi connectivity index (χ0v) is 17.1. The summed E-state index contributed by atoms with van der Waals surface area (Å²) in [6.45, 7) is 0.409. The van der Waals surface area contributed by atoms with Gasteiger partial charge in [-0.25, -0.2) is 13.6 Å². The second kappa shape index (κ2) is 6.31. The zero-order chi connectivity index (χ0) is 18.6. The third kappa shape index (κ3) is 3.71. The summed E-state index contributed by atoms with van der Waals surface area (Å²) in [4.78, 5) is 12.7. The number of carbonyl (C=O) groups is 1. The number of amides is 1. The number of nitrogens with two attached hydrogens (primary N) is 1. The molecule has 0 radical (unpaired) electrons. The van der Waals surface area contributed by atoms with Gasteiger partial charge in [0, 0.05) is 17.3 Å². The highest BCUT2D eigenvalue weighted by Gasteiger charge is 2.57. The first-order valence-corrected chi connectivity index (χ1v) is 11.6. The third-order valence-electron chi connectivity index (χ3n) is 6.39. The van der Waals surface area contributed by atoms with Crippen molar-refractivity contribution < 1.29 is 13.2 Å². The van der Waals surface area contributed by atoms with Gasteiger partial charge in [0.15, 0.2) is 0 Å². The molecule has 2 unspecified atom stereocenters. The van der Waals surface area contributed by atoms with Gasteiger partial charge in [0.05, 0.1) is 4.90 Å². The van der Waals surface area contributed by atoms with Gasteiger partial charge in [0.25, 0.3) is 0 Å². The molecule has 1 aromatic rings. The Morgan fingerprint density at radius 2 is 1.77 bits per heavy atom. The van der Waals surface area contributed by atoms with E-state index in [0.29, 0.717) is 13.0 Å². The molecular weight excluding hydrogens is 416 g/mol. The van der Waals surface area contributed by atoms with Crippen LogP contribution < -0.4 is 10.5 Å². The molecule has 26 heavy (non-hydrogen) atoms. The van der Waals surface area contributed by atoms with E-state index in [1.807, 2.05) is 0 Å². The van der Waals surface area contributed by atoms with Gasteiger partial charge >= 0.3 is 0 Å². The predicted molar refractivity (Wildman–Crippen MR) is 103 cm³/mol. The molecule has 1 aromatic carbocycles. The number of hydrogen-bond acceptors (Lipinski definition) is 3. The van der Waals surface area contributed by atoms with Crippen molar-refractivity contribution in [1.29, 1.82) is 0 Å². The molecule has 0 heterocycles. The predicted octanol–water partition coefficient (Wildman–Crippen LogP) is 3.07. The lowest BCUT2D eigenvalue weighted by molar-refractivity contribution is -0.128. The zero-order valence-electron chi connectivity index (χ0n) is 14.7. The van der Waals surface area contributed by atoms with Gasteiger partial charge in [-0.2, -0.15) is 0 Å². The van der Waals surface area contributed by atoms with E-state index in [9.17, 15) is 13.2 Å². The van der Waals surface area contributed by atoms with Gasteiger partial charge in [-0.15, -0.1) is 0 Å². The van der Waals surface area contributed by atoms with E-state index >= 15 is 0 Å². The summed E-state index contributed by atoms with van der Waals surface area (Å²) in [6.07, 6.45) is 7.96. The highest BCUT2D eigenvalue weighted by molar-refractivity contribution is 9.10. The summed E-state index contributed by atoms with van der Waals surface area (Å²) in [5, 5.41) is 8.11. The third-order valence-corrected chi connectivity index (χ3v) is 8.25. The first kappa shape index (κ1) is 18.4. The number of primary sulfonamides is 1. The smallest absolute Gasteiger partial charge is 0.238 e. The molecule has 0 aliphatic heterocycles. The Morgan fingerprint density at radius 1 is 1.15 bits per heavy atom. The molecule has 0 saturated heterocycles. The van der Waals surface area contributed by atoms with Crippen molar-refractivity contribution in [3.63, 3.8) is 0 Å². The number of benzene rings is 1. The number of halogens is 1. The van der Waals surface area contributed by atoms with Gasteiger partial charge in [-0.3, -0.25) is 4.79 Å². The number of alkyl halides is 1. The number of nitrogens with one attached hydrogen (secondary N) is 1. The van der Waals surface area contributed by atoms with Crippen molar-refractivity contribution in [3.8, 4) is 0 Å².